The first kappa shape index (κ1) is 19.5. The highest BCUT2D eigenvalue weighted by molar-refractivity contribution is 5.99. The Labute approximate surface area is 171 Å². The smallest absolute Gasteiger partial charge is 0.338 e. The summed E-state index contributed by atoms with van der Waals surface area (Å²) in [5, 5.41) is 0.490. The van der Waals surface area contributed by atoms with Gasteiger partial charge in [-0.2, -0.15) is 0 Å². The number of carbonyl (C=O) groups excluding carboxylic acids is 3. The third kappa shape index (κ3) is 3.98. The first-order valence-electron chi connectivity index (χ1n) is 9.59. The zero-order valence-corrected chi connectivity index (χ0v) is 16.1. The SMILES string of the molecule is O=C(OCC(=O)N1CCCC1=O)c1ccccc1Cc1nc2ccccc2c(=O)[nH]1. The number of esters is 1. The largest absolute Gasteiger partial charge is 0.452 e. The van der Waals surface area contributed by atoms with E-state index in [0.717, 1.165) is 4.90 Å². The number of nitrogens with one attached hydrogen (secondary N) is 1. The van der Waals surface area contributed by atoms with Crippen LogP contribution in [0, 0.1) is 0 Å². The van der Waals surface area contributed by atoms with Crippen molar-refractivity contribution >= 4 is 28.7 Å². The highest BCUT2D eigenvalue weighted by Crippen LogP contribution is 2.16. The topological polar surface area (TPSA) is 109 Å². The molecule has 1 aliphatic rings. The Kier molecular flexibility index (Phi) is 5.38. The molecule has 0 radical (unpaired) electrons. The number of carbonyl (C=O) groups is 3. The van der Waals surface area contributed by atoms with Gasteiger partial charge in [-0.05, 0) is 30.2 Å². The van der Waals surface area contributed by atoms with E-state index in [-0.39, 0.29) is 23.5 Å². The average molecular weight is 405 g/mol. The molecule has 0 saturated carbocycles. The minimum absolute atomic E-state index is 0.212. The maximum Gasteiger partial charge on any atom is 0.338 e. The summed E-state index contributed by atoms with van der Waals surface area (Å²) >= 11 is 0. The number of ether oxygens (including phenoxy) is 1. The summed E-state index contributed by atoms with van der Waals surface area (Å²) in [7, 11) is 0. The van der Waals surface area contributed by atoms with E-state index < -0.39 is 18.5 Å². The van der Waals surface area contributed by atoms with Crippen LogP contribution in [-0.2, 0) is 20.7 Å². The van der Waals surface area contributed by atoms with Crippen LogP contribution >= 0.6 is 0 Å². The van der Waals surface area contributed by atoms with Gasteiger partial charge in [-0.1, -0.05) is 30.3 Å². The van der Waals surface area contributed by atoms with Gasteiger partial charge in [0.2, 0.25) is 5.91 Å². The zero-order valence-electron chi connectivity index (χ0n) is 16.1. The lowest BCUT2D eigenvalue weighted by Crippen LogP contribution is -2.35. The van der Waals surface area contributed by atoms with Gasteiger partial charge in [0.15, 0.2) is 6.61 Å². The van der Waals surface area contributed by atoms with Crippen molar-refractivity contribution in [3.8, 4) is 0 Å². The number of H-pyrrole nitrogens is 1. The predicted octanol–water partition coefficient (Wildman–Crippen LogP) is 1.82. The first-order chi connectivity index (χ1) is 14.5. The van der Waals surface area contributed by atoms with Gasteiger partial charge in [0.1, 0.15) is 5.82 Å². The minimum atomic E-state index is -0.672. The number of imide groups is 1. The first-order valence-corrected chi connectivity index (χ1v) is 9.59. The molecule has 0 unspecified atom stereocenters. The lowest BCUT2D eigenvalue weighted by Gasteiger charge is -2.14. The number of hydrogen-bond acceptors (Lipinski definition) is 6. The van der Waals surface area contributed by atoms with Crippen molar-refractivity contribution in [2.24, 2.45) is 0 Å². The van der Waals surface area contributed by atoms with E-state index in [1.807, 2.05) is 0 Å². The van der Waals surface area contributed by atoms with Crippen LogP contribution in [0.4, 0.5) is 0 Å². The molecule has 3 aromatic rings. The van der Waals surface area contributed by atoms with Crippen LogP contribution in [0.15, 0.2) is 53.3 Å². The van der Waals surface area contributed by atoms with Crippen LogP contribution in [0.3, 0.4) is 0 Å². The number of rotatable bonds is 5. The number of hydrogen-bond donors (Lipinski definition) is 1. The molecule has 0 aliphatic carbocycles. The molecule has 152 valence electrons. The summed E-state index contributed by atoms with van der Waals surface area (Å²) in [5.74, 6) is -1.03. The second kappa shape index (κ2) is 8.28. The van der Waals surface area contributed by atoms with Crippen molar-refractivity contribution in [3.63, 3.8) is 0 Å². The van der Waals surface area contributed by atoms with Crippen molar-refractivity contribution in [1.29, 1.82) is 0 Å². The van der Waals surface area contributed by atoms with Crippen LogP contribution in [-0.4, -0.2) is 45.8 Å². The molecular formula is C22H19N3O5. The number of likely N-dealkylation sites (tertiary alicyclic amines) is 1. The van der Waals surface area contributed by atoms with Crippen LogP contribution in [0.1, 0.15) is 34.6 Å². The minimum Gasteiger partial charge on any atom is -0.452 e. The van der Waals surface area contributed by atoms with Gasteiger partial charge < -0.3 is 9.72 Å². The van der Waals surface area contributed by atoms with E-state index in [4.69, 9.17) is 4.74 Å². The maximum absolute atomic E-state index is 12.6. The Balaban J connectivity index is 1.51. The zero-order chi connectivity index (χ0) is 21.1. The molecule has 0 atom stereocenters. The Morgan fingerprint density at radius 2 is 1.83 bits per heavy atom. The molecule has 4 rings (SSSR count). The molecule has 1 aliphatic heterocycles. The van der Waals surface area contributed by atoms with E-state index in [1.165, 1.54) is 0 Å². The third-order valence-electron chi connectivity index (χ3n) is 4.96. The summed E-state index contributed by atoms with van der Waals surface area (Å²) < 4.78 is 5.15. The molecule has 8 nitrogen and oxygen atoms in total. The summed E-state index contributed by atoms with van der Waals surface area (Å²) in [6.45, 7) is -0.142. The van der Waals surface area contributed by atoms with Crippen molar-refractivity contribution in [3.05, 3.63) is 75.8 Å². The van der Waals surface area contributed by atoms with Gasteiger partial charge in [0.05, 0.1) is 16.5 Å². The Bertz CT molecular complexity index is 1200. The molecule has 1 N–H and O–H groups in total. The van der Waals surface area contributed by atoms with Crippen molar-refractivity contribution in [2.45, 2.75) is 19.3 Å². The Morgan fingerprint density at radius 3 is 2.63 bits per heavy atom. The van der Waals surface area contributed by atoms with Crippen molar-refractivity contribution < 1.29 is 19.1 Å². The van der Waals surface area contributed by atoms with Crippen molar-refractivity contribution in [2.75, 3.05) is 13.2 Å². The molecule has 8 heteroatoms. The van der Waals surface area contributed by atoms with E-state index in [0.29, 0.717) is 41.7 Å². The average Bonchev–Trinajstić information content (AvgIpc) is 3.18. The number of aromatic amines is 1. The molecule has 1 saturated heterocycles. The predicted molar refractivity (Wildman–Crippen MR) is 108 cm³/mol. The molecule has 2 amide bonds. The Hall–Kier alpha value is -3.81. The molecule has 1 fully saturated rings. The summed E-state index contributed by atoms with van der Waals surface area (Å²) in [4.78, 5) is 56.9. The lowest BCUT2D eigenvalue weighted by molar-refractivity contribution is -0.143. The number of aromatic nitrogens is 2. The molecular weight excluding hydrogens is 386 g/mol. The summed E-state index contributed by atoms with van der Waals surface area (Å²) in [5.41, 5.74) is 1.19. The van der Waals surface area contributed by atoms with E-state index in [2.05, 4.69) is 9.97 Å². The van der Waals surface area contributed by atoms with Gasteiger partial charge in [-0.25, -0.2) is 9.78 Å². The highest BCUT2D eigenvalue weighted by Gasteiger charge is 2.27. The van der Waals surface area contributed by atoms with E-state index in [1.54, 1.807) is 48.5 Å². The van der Waals surface area contributed by atoms with Crippen LogP contribution in [0.5, 0.6) is 0 Å². The fourth-order valence-corrected chi connectivity index (χ4v) is 3.47. The number of benzene rings is 2. The van der Waals surface area contributed by atoms with Gasteiger partial charge in [0, 0.05) is 19.4 Å². The van der Waals surface area contributed by atoms with E-state index in [9.17, 15) is 19.2 Å². The number of amides is 2. The molecule has 0 bridgehead atoms. The fraction of sp³-hybridized carbons (Fsp3) is 0.227. The van der Waals surface area contributed by atoms with Gasteiger partial charge in [0.25, 0.3) is 11.5 Å². The quantitative estimate of drug-likeness (QED) is 0.649. The Morgan fingerprint density at radius 1 is 1.07 bits per heavy atom. The monoisotopic (exact) mass is 405 g/mol. The van der Waals surface area contributed by atoms with Gasteiger partial charge >= 0.3 is 5.97 Å². The molecule has 30 heavy (non-hydrogen) atoms. The van der Waals surface area contributed by atoms with Gasteiger partial charge in [-0.3, -0.25) is 19.3 Å². The third-order valence-corrected chi connectivity index (χ3v) is 4.96. The number of nitrogens with zero attached hydrogens (tertiary/aromatic N) is 2. The number of para-hydroxylation sites is 1. The van der Waals surface area contributed by atoms with Crippen molar-refractivity contribution in [1.82, 2.24) is 14.9 Å². The summed E-state index contributed by atoms with van der Waals surface area (Å²) in [6, 6.07) is 13.8. The fourth-order valence-electron chi connectivity index (χ4n) is 3.47. The second-order valence-corrected chi connectivity index (χ2v) is 6.98. The molecule has 2 aromatic carbocycles. The van der Waals surface area contributed by atoms with Crippen LogP contribution in [0.2, 0.25) is 0 Å². The van der Waals surface area contributed by atoms with Crippen LogP contribution in [0.25, 0.3) is 10.9 Å². The lowest BCUT2D eigenvalue weighted by atomic mass is 10.0. The molecule has 1 aromatic heterocycles. The number of fused-ring (bicyclic) bond motifs is 1. The van der Waals surface area contributed by atoms with Gasteiger partial charge in [-0.15, -0.1) is 0 Å². The standard InChI is InChI=1S/C22H19N3O5/c26-19-10-5-11-25(19)20(27)13-30-22(29)15-7-2-1-6-14(15)12-18-23-17-9-4-3-8-16(17)21(28)24-18/h1-4,6-9H,5,10-13H2,(H,23,24,28). The highest BCUT2D eigenvalue weighted by atomic mass is 16.5. The summed E-state index contributed by atoms with van der Waals surface area (Å²) in [6.07, 6.45) is 1.17. The van der Waals surface area contributed by atoms with Crippen LogP contribution < -0.4 is 5.56 Å². The normalized spacial score (nSPS) is 13.6. The molecule has 2 heterocycles. The molecule has 0 spiro atoms. The maximum atomic E-state index is 12.6. The van der Waals surface area contributed by atoms with E-state index >= 15 is 0 Å². The second-order valence-electron chi connectivity index (χ2n) is 6.98.